The summed E-state index contributed by atoms with van der Waals surface area (Å²) in [5.74, 6) is 0. The fraction of sp³-hybridized carbons (Fsp3) is 0.647. The molecule has 1 aromatic rings. The molecular formula is C17H26N2O3S. The second-order valence-electron chi connectivity index (χ2n) is 7.03. The highest BCUT2D eigenvalue weighted by Gasteiger charge is 2.38. The van der Waals surface area contributed by atoms with E-state index in [1.165, 1.54) is 0 Å². The SMILES string of the molecule is Cc1ccc(S(=O)(=O)N2CCN(CC3(O)CCC3)CC2)c(C)c1. The van der Waals surface area contributed by atoms with E-state index >= 15 is 0 Å². The van der Waals surface area contributed by atoms with Crippen LogP contribution < -0.4 is 0 Å². The Kier molecular flexibility index (Phi) is 4.53. The molecule has 1 aromatic carbocycles. The summed E-state index contributed by atoms with van der Waals surface area (Å²) in [6.07, 6.45) is 2.83. The summed E-state index contributed by atoms with van der Waals surface area (Å²) in [7, 11) is -3.42. The lowest BCUT2D eigenvalue weighted by molar-refractivity contribution is -0.0627. The minimum absolute atomic E-state index is 0.411. The molecule has 0 aromatic heterocycles. The third-order valence-corrected chi connectivity index (χ3v) is 7.14. The Morgan fingerprint density at radius 2 is 1.78 bits per heavy atom. The van der Waals surface area contributed by atoms with Gasteiger partial charge in [-0.05, 0) is 44.7 Å². The van der Waals surface area contributed by atoms with Crippen molar-refractivity contribution in [2.24, 2.45) is 0 Å². The third kappa shape index (κ3) is 3.45. The van der Waals surface area contributed by atoms with Gasteiger partial charge in [0.2, 0.25) is 10.0 Å². The molecule has 23 heavy (non-hydrogen) atoms. The quantitative estimate of drug-likeness (QED) is 0.904. The lowest BCUT2D eigenvalue weighted by atomic mass is 9.80. The summed E-state index contributed by atoms with van der Waals surface area (Å²) in [6, 6.07) is 5.47. The fourth-order valence-corrected chi connectivity index (χ4v) is 5.14. The van der Waals surface area contributed by atoms with Crippen LogP contribution in [0.5, 0.6) is 0 Å². The van der Waals surface area contributed by atoms with E-state index < -0.39 is 15.6 Å². The van der Waals surface area contributed by atoms with Crippen molar-refractivity contribution in [2.45, 2.75) is 43.6 Å². The van der Waals surface area contributed by atoms with Gasteiger partial charge < -0.3 is 5.11 Å². The van der Waals surface area contributed by atoms with Crippen molar-refractivity contribution in [3.05, 3.63) is 29.3 Å². The van der Waals surface area contributed by atoms with Crippen molar-refractivity contribution in [3.8, 4) is 0 Å². The Morgan fingerprint density at radius 3 is 2.30 bits per heavy atom. The summed E-state index contributed by atoms with van der Waals surface area (Å²) in [5, 5.41) is 10.3. The maximum absolute atomic E-state index is 12.8. The smallest absolute Gasteiger partial charge is 0.243 e. The van der Waals surface area contributed by atoms with Crippen LogP contribution in [0.15, 0.2) is 23.1 Å². The predicted molar refractivity (Wildman–Crippen MR) is 89.9 cm³/mol. The summed E-state index contributed by atoms with van der Waals surface area (Å²) >= 11 is 0. The number of rotatable bonds is 4. The first-order valence-corrected chi connectivity index (χ1v) is 9.76. The van der Waals surface area contributed by atoms with Gasteiger partial charge in [-0.1, -0.05) is 17.7 Å². The molecular weight excluding hydrogens is 312 g/mol. The number of hydrogen-bond donors (Lipinski definition) is 1. The van der Waals surface area contributed by atoms with Crippen LogP contribution in [0, 0.1) is 13.8 Å². The normalized spacial score (nSPS) is 22.7. The zero-order valence-electron chi connectivity index (χ0n) is 14.0. The molecule has 6 heteroatoms. The molecule has 0 radical (unpaired) electrons. The van der Waals surface area contributed by atoms with Crippen molar-refractivity contribution in [3.63, 3.8) is 0 Å². The molecule has 0 bridgehead atoms. The van der Waals surface area contributed by atoms with Crippen molar-refractivity contribution in [1.29, 1.82) is 0 Å². The monoisotopic (exact) mass is 338 g/mol. The van der Waals surface area contributed by atoms with Crippen molar-refractivity contribution in [1.82, 2.24) is 9.21 Å². The van der Waals surface area contributed by atoms with Crippen LogP contribution in [0.2, 0.25) is 0 Å². The number of piperazine rings is 1. The first-order valence-electron chi connectivity index (χ1n) is 8.32. The molecule has 1 N–H and O–H groups in total. The van der Waals surface area contributed by atoms with Gasteiger partial charge in [0.1, 0.15) is 0 Å². The molecule has 0 spiro atoms. The van der Waals surface area contributed by atoms with Gasteiger partial charge in [-0.3, -0.25) is 4.90 Å². The summed E-state index contributed by atoms with van der Waals surface area (Å²) in [4.78, 5) is 2.60. The van der Waals surface area contributed by atoms with E-state index in [2.05, 4.69) is 4.90 Å². The largest absolute Gasteiger partial charge is 0.389 e. The lowest BCUT2D eigenvalue weighted by Crippen LogP contribution is -2.55. The number of β-amino-alcohol motifs (C(OH)–C–C–N with tert-alkyl or cyclic N) is 1. The van der Waals surface area contributed by atoms with E-state index in [-0.39, 0.29) is 0 Å². The van der Waals surface area contributed by atoms with Gasteiger partial charge >= 0.3 is 0 Å². The number of aryl methyl sites for hydroxylation is 2. The number of nitrogens with zero attached hydrogens (tertiary/aromatic N) is 2. The molecule has 2 aliphatic rings. The molecule has 0 atom stereocenters. The van der Waals surface area contributed by atoms with Crippen LogP contribution >= 0.6 is 0 Å². The highest BCUT2D eigenvalue weighted by atomic mass is 32.2. The minimum Gasteiger partial charge on any atom is -0.389 e. The highest BCUT2D eigenvalue weighted by molar-refractivity contribution is 7.89. The van der Waals surface area contributed by atoms with Gasteiger partial charge in [0.15, 0.2) is 0 Å². The van der Waals surface area contributed by atoms with Gasteiger partial charge in [0.05, 0.1) is 10.5 Å². The van der Waals surface area contributed by atoms with Crippen LogP contribution in [0.4, 0.5) is 0 Å². The third-order valence-electron chi connectivity index (χ3n) is 5.08. The Hall–Kier alpha value is -0.950. The first-order chi connectivity index (χ1) is 10.8. The number of hydrogen-bond acceptors (Lipinski definition) is 4. The molecule has 1 aliphatic heterocycles. The van der Waals surface area contributed by atoms with E-state index in [1.54, 1.807) is 10.4 Å². The van der Waals surface area contributed by atoms with Gasteiger partial charge in [-0.25, -0.2) is 8.42 Å². The van der Waals surface area contributed by atoms with Crippen molar-refractivity contribution in [2.75, 3.05) is 32.7 Å². The van der Waals surface area contributed by atoms with Crippen LogP contribution in [-0.2, 0) is 10.0 Å². The van der Waals surface area contributed by atoms with E-state index in [9.17, 15) is 13.5 Å². The van der Waals surface area contributed by atoms with Crippen molar-refractivity contribution >= 4 is 10.0 Å². The zero-order valence-corrected chi connectivity index (χ0v) is 14.8. The predicted octanol–water partition coefficient (Wildman–Crippen LogP) is 1.52. The van der Waals surface area contributed by atoms with Gasteiger partial charge in [0, 0.05) is 32.7 Å². The topological polar surface area (TPSA) is 60.9 Å². The molecule has 0 amide bonds. The molecule has 1 aliphatic carbocycles. The number of aliphatic hydroxyl groups is 1. The number of benzene rings is 1. The molecule has 5 nitrogen and oxygen atoms in total. The molecule has 1 saturated heterocycles. The van der Waals surface area contributed by atoms with Crippen LogP contribution in [0.25, 0.3) is 0 Å². The second kappa shape index (κ2) is 6.16. The summed E-state index contributed by atoms with van der Waals surface area (Å²) in [6.45, 7) is 6.84. The average molecular weight is 338 g/mol. The summed E-state index contributed by atoms with van der Waals surface area (Å²) < 4.78 is 27.2. The Labute approximate surface area is 139 Å². The maximum atomic E-state index is 12.8. The van der Waals surface area contributed by atoms with E-state index in [0.717, 1.165) is 30.4 Å². The van der Waals surface area contributed by atoms with E-state index in [4.69, 9.17) is 0 Å². The Bertz CT molecular complexity index is 675. The van der Waals surface area contributed by atoms with Gasteiger partial charge in [-0.2, -0.15) is 4.31 Å². The zero-order chi connectivity index (χ0) is 16.7. The van der Waals surface area contributed by atoms with E-state index in [1.807, 2.05) is 26.0 Å². The maximum Gasteiger partial charge on any atom is 0.243 e. The molecule has 1 saturated carbocycles. The molecule has 1 heterocycles. The van der Waals surface area contributed by atoms with Crippen molar-refractivity contribution < 1.29 is 13.5 Å². The highest BCUT2D eigenvalue weighted by Crippen LogP contribution is 2.32. The molecule has 3 rings (SSSR count). The molecule has 2 fully saturated rings. The van der Waals surface area contributed by atoms with E-state index in [0.29, 0.717) is 37.6 Å². The molecule has 128 valence electrons. The lowest BCUT2D eigenvalue weighted by Gasteiger charge is -2.43. The van der Waals surface area contributed by atoms with Crippen LogP contribution in [0.1, 0.15) is 30.4 Å². The van der Waals surface area contributed by atoms with Gasteiger partial charge in [0.25, 0.3) is 0 Å². The Morgan fingerprint density at radius 1 is 1.13 bits per heavy atom. The summed E-state index contributed by atoms with van der Waals surface area (Å²) in [5.41, 5.74) is 1.34. The standard InChI is InChI=1S/C17H26N2O3S/c1-14-4-5-16(15(2)12-14)23(21,22)19-10-8-18(9-11-19)13-17(20)6-3-7-17/h4-5,12,20H,3,6-11,13H2,1-2H3. The number of sulfonamides is 1. The van der Waals surface area contributed by atoms with Crippen LogP contribution in [0.3, 0.4) is 0 Å². The fourth-order valence-electron chi connectivity index (χ4n) is 3.52. The minimum atomic E-state index is -3.42. The van der Waals surface area contributed by atoms with Crippen LogP contribution in [-0.4, -0.2) is 61.1 Å². The average Bonchev–Trinajstić information content (AvgIpc) is 2.46. The molecule has 0 unspecified atom stereocenters. The Balaban J connectivity index is 1.66. The second-order valence-corrected chi connectivity index (χ2v) is 8.93. The first kappa shape index (κ1) is 16.9. The van der Waals surface area contributed by atoms with Gasteiger partial charge in [-0.15, -0.1) is 0 Å².